The predicted octanol–water partition coefficient (Wildman–Crippen LogP) is 2.62. The van der Waals surface area contributed by atoms with E-state index in [0.29, 0.717) is 35.6 Å². The van der Waals surface area contributed by atoms with E-state index in [0.717, 1.165) is 11.1 Å². The van der Waals surface area contributed by atoms with Gasteiger partial charge in [0.2, 0.25) is 5.95 Å². The van der Waals surface area contributed by atoms with Crippen LogP contribution in [0, 0.1) is 6.92 Å². The molecule has 0 saturated carbocycles. The van der Waals surface area contributed by atoms with Gasteiger partial charge < -0.3 is 15.2 Å². The van der Waals surface area contributed by atoms with Crippen LogP contribution >= 0.6 is 0 Å². The number of hydrogen-bond donors (Lipinski definition) is 2. The summed E-state index contributed by atoms with van der Waals surface area (Å²) < 4.78 is 10.8. The van der Waals surface area contributed by atoms with Gasteiger partial charge in [0.1, 0.15) is 12.4 Å². The Morgan fingerprint density at radius 2 is 1.93 bits per heavy atom. The van der Waals surface area contributed by atoms with Gasteiger partial charge in [-0.2, -0.15) is 0 Å². The Hall–Kier alpha value is -3.61. The van der Waals surface area contributed by atoms with E-state index in [1.165, 1.54) is 7.11 Å². The van der Waals surface area contributed by atoms with E-state index < -0.39 is 5.97 Å². The second kappa shape index (κ2) is 8.39. The maximum atomic E-state index is 12.3. The highest BCUT2D eigenvalue weighted by molar-refractivity contribution is 5.90. The number of nitrogens with zero attached hydrogens (tertiary/aromatic N) is 1. The minimum absolute atomic E-state index is 0.0767. The third kappa shape index (κ3) is 4.37. The van der Waals surface area contributed by atoms with Gasteiger partial charge >= 0.3 is 5.97 Å². The number of esters is 1. The molecule has 0 amide bonds. The zero-order valence-electron chi connectivity index (χ0n) is 15.7. The van der Waals surface area contributed by atoms with Crippen molar-refractivity contribution in [3.63, 3.8) is 0 Å². The maximum absolute atomic E-state index is 12.3. The lowest BCUT2D eigenvalue weighted by atomic mass is 10.0. The van der Waals surface area contributed by atoms with Crippen molar-refractivity contribution in [2.45, 2.75) is 20.0 Å². The van der Waals surface area contributed by atoms with Crippen molar-refractivity contribution in [2.75, 3.05) is 12.8 Å². The number of rotatable bonds is 6. The molecule has 2 aromatic carbocycles. The molecule has 1 heterocycles. The van der Waals surface area contributed by atoms with Gasteiger partial charge in [0.25, 0.3) is 5.56 Å². The van der Waals surface area contributed by atoms with Gasteiger partial charge in [0.05, 0.1) is 18.4 Å². The monoisotopic (exact) mass is 379 g/mol. The second-order valence-electron chi connectivity index (χ2n) is 6.28. The average molecular weight is 379 g/mol. The summed E-state index contributed by atoms with van der Waals surface area (Å²) in [5.74, 6) is 0.120. The smallest absolute Gasteiger partial charge is 0.337 e. The van der Waals surface area contributed by atoms with E-state index in [1.54, 1.807) is 25.1 Å². The van der Waals surface area contributed by atoms with Crippen LogP contribution in [-0.4, -0.2) is 23.0 Å². The SMILES string of the molecule is COC(=O)c1ccc(Cc2c(C)nc(N)[nH]c2=O)c(OCc2ccccc2)c1. The molecule has 3 aromatic rings. The number of aromatic nitrogens is 2. The summed E-state index contributed by atoms with van der Waals surface area (Å²) in [6.45, 7) is 2.06. The molecule has 0 aliphatic carbocycles. The molecule has 0 bridgehead atoms. The molecule has 0 spiro atoms. The van der Waals surface area contributed by atoms with Crippen molar-refractivity contribution in [1.82, 2.24) is 9.97 Å². The van der Waals surface area contributed by atoms with Crippen LogP contribution in [0.3, 0.4) is 0 Å². The number of nitrogen functional groups attached to an aromatic ring is 1. The van der Waals surface area contributed by atoms with Crippen molar-refractivity contribution >= 4 is 11.9 Å². The number of nitrogens with one attached hydrogen (secondary N) is 1. The molecule has 0 atom stereocenters. The zero-order chi connectivity index (χ0) is 20.1. The number of benzene rings is 2. The Balaban J connectivity index is 1.95. The first-order valence-corrected chi connectivity index (χ1v) is 8.71. The van der Waals surface area contributed by atoms with E-state index in [2.05, 4.69) is 9.97 Å². The number of anilines is 1. The quantitative estimate of drug-likeness (QED) is 0.638. The predicted molar refractivity (Wildman–Crippen MR) is 105 cm³/mol. The first-order valence-electron chi connectivity index (χ1n) is 8.71. The van der Waals surface area contributed by atoms with Gasteiger partial charge in [-0.1, -0.05) is 36.4 Å². The minimum Gasteiger partial charge on any atom is -0.489 e. The van der Waals surface area contributed by atoms with Gasteiger partial charge in [-0.25, -0.2) is 9.78 Å². The Morgan fingerprint density at radius 1 is 1.18 bits per heavy atom. The van der Waals surface area contributed by atoms with Crippen LogP contribution in [0.15, 0.2) is 53.3 Å². The highest BCUT2D eigenvalue weighted by Gasteiger charge is 2.15. The lowest BCUT2D eigenvalue weighted by Crippen LogP contribution is -2.19. The molecule has 144 valence electrons. The fraction of sp³-hybridized carbons (Fsp3) is 0.190. The molecule has 0 saturated heterocycles. The highest BCUT2D eigenvalue weighted by atomic mass is 16.5. The number of carbonyl (C=O) groups is 1. The third-order valence-corrected chi connectivity index (χ3v) is 4.33. The van der Waals surface area contributed by atoms with Crippen LogP contribution in [-0.2, 0) is 17.8 Å². The number of ether oxygens (including phenoxy) is 2. The number of aromatic amines is 1. The molecule has 0 aliphatic heterocycles. The van der Waals surface area contributed by atoms with Gasteiger partial charge in [0.15, 0.2) is 0 Å². The molecule has 1 aromatic heterocycles. The Labute approximate surface area is 162 Å². The summed E-state index contributed by atoms with van der Waals surface area (Å²) in [6, 6.07) is 14.7. The van der Waals surface area contributed by atoms with Crippen LogP contribution in [0.2, 0.25) is 0 Å². The standard InChI is InChI=1S/C21H21N3O4/c1-13-17(19(25)24-21(22)23-13)10-15-8-9-16(20(26)27-2)11-18(15)28-12-14-6-4-3-5-7-14/h3-9,11H,10,12H2,1-2H3,(H3,22,23,24,25). The van der Waals surface area contributed by atoms with Crippen molar-refractivity contribution in [3.05, 3.63) is 86.8 Å². The number of H-pyrrole nitrogens is 1. The number of nitrogens with two attached hydrogens (primary N) is 1. The van der Waals surface area contributed by atoms with Crippen molar-refractivity contribution in [1.29, 1.82) is 0 Å². The Morgan fingerprint density at radius 3 is 2.61 bits per heavy atom. The minimum atomic E-state index is -0.459. The van der Waals surface area contributed by atoms with Crippen LogP contribution in [0.1, 0.15) is 32.7 Å². The van der Waals surface area contributed by atoms with Crippen molar-refractivity contribution in [3.8, 4) is 5.75 Å². The van der Waals surface area contributed by atoms with E-state index >= 15 is 0 Å². The summed E-state index contributed by atoms with van der Waals surface area (Å²) in [7, 11) is 1.32. The largest absolute Gasteiger partial charge is 0.489 e. The first kappa shape index (κ1) is 19.2. The van der Waals surface area contributed by atoms with Crippen LogP contribution in [0.4, 0.5) is 5.95 Å². The summed E-state index contributed by atoms with van der Waals surface area (Å²) in [6.07, 6.45) is 0.292. The molecule has 7 nitrogen and oxygen atoms in total. The van der Waals surface area contributed by atoms with Crippen LogP contribution in [0.5, 0.6) is 5.75 Å². The van der Waals surface area contributed by atoms with E-state index in [-0.39, 0.29) is 11.5 Å². The number of methoxy groups -OCH3 is 1. The molecular formula is C21H21N3O4. The normalized spacial score (nSPS) is 10.5. The van der Waals surface area contributed by atoms with Gasteiger partial charge in [-0.05, 0) is 30.2 Å². The second-order valence-corrected chi connectivity index (χ2v) is 6.28. The van der Waals surface area contributed by atoms with Gasteiger partial charge in [-0.3, -0.25) is 9.78 Å². The highest BCUT2D eigenvalue weighted by Crippen LogP contribution is 2.25. The fourth-order valence-electron chi connectivity index (χ4n) is 2.85. The summed E-state index contributed by atoms with van der Waals surface area (Å²) in [5, 5.41) is 0. The summed E-state index contributed by atoms with van der Waals surface area (Å²) >= 11 is 0. The fourth-order valence-corrected chi connectivity index (χ4v) is 2.85. The van der Waals surface area contributed by atoms with E-state index in [1.807, 2.05) is 30.3 Å². The van der Waals surface area contributed by atoms with Crippen molar-refractivity contribution < 1.29 is 14.3 Å². The van der Waals surface area contributed by atoms with Crippen molar-refractivity contribution in [2.24, 2.45) is 0 Å². The van der Waals surface area contributed by atoms with Gasteiger partial charge in [0, 0.05) is 12.0 Å². The first-order chi connectivity index (χ1) is 13.5. The average Bonchev–Trinajstić information content (AvgIpc) is 2.69. The van der Waals surface area contributed by atoms with Crippen LogP contribution in [0.25, 0.3) is 0 Å². The molecule has 3 N–H and O–H groups in total. The van der Waals surface area contributed by atoms with Crippen LogP contribution < -0.4 is 16.0 Å². The van der Waals surface area contributed by atoms with E-state index in [9.17, 15) is 9.59 Å². The molecule has 0 aliphatic rings. The molecule has 0 unspecified atom stereocenters. The lowest BCUT2D eigenvalue weighted by molar-refractivity contribution is 0.0600. The Bertz CT molecular complexity index is 1050. The molecule has 0 fully saturated rings. The molecule has 3 rings (SSSR count). The number of carbonyl (C=O) groups excluding carboxylic acids is 1. The summed E-state index contributed by atoms with van der Waals surface area (Å²) in [4.78, 5) is 30.8. The maximum Gasteiger partial charge on any atom is 0.337 e. The zero-order valence-corrected chi connectivity index (χ0v) is 15.7. The number of hydrogen-bond acceptors (Lipinski definition) is 6. The van der Waals surface area contributed by atoms with E-state index in [4.69, 9.17) is 15.2 Å². The topological polar surface area (TPSA) is 107 Å². The Kier molecular flexibility index (Phi) is 5.74. The molecule has 0 radical (unpaired) electrons. The molecular weight excluding hydrogens is 358 g/mol. The van der Waals surface area contributed by atoms with Gasteiger partial charge in [-0.15, -0.1) is 0 Å². The molecule has 28 heavy (non-hydrogen) atoms. The number of aryl methyl sites for hydroxylation is 1. The summed E-state index contributed by atoms with van der Waals surface area (Å²) in [5.41, 5.74) is 8.44. The molecule has 7 heteroatoms. The lowest BCUT2D eigenvalue weighted by Gasteiger charge is -2.14. The third-order valence-electron chi connectivity index (χ3n) is 4.33.